The number of amides is 2. The molecule has 5 heteroatoms. The van der Waals surface area contributed by atoms with Crippen LogP contribution in [-0.4, -0.2) is 23.5 Å². The van der Waals surface area contributed by atoms with Gasteiger partial charge in [-0.1, -0.05) is 35.9 Å². The average Bonchev–Trinajstić information content (AvgIpc) is 3.01. The summed E-state index contributed by atoms with van der Waals surface area (Å²) >= 11 is 6.12. The molecule has 4 nitrogen and oxygen atoms in total. The van der Waals surface area contributed by atoms with Crippen LogP contribution in [0.4, 0.5) is 5.69 Å². The van der Waals surface area contributed by atoms with Crippen LogP contribution in [-0.2, 0) is 14.3 Å². The number of carbonyl (C=O) groups is 2. The molecule has 2 fully saturated rings. The smallest absolute Gasteiger partial charge is 0.241 e. The Morgan fingerprint density at radius 2 is 2.00 bits per heavy atom. The van der Waals surface area contributed by atoms with Gasteiger partial charge < -0.3 is 4.74 Å². The predicted molar refractivity (Wildman–Crippen MR) is 73.3 cm³/mol. The minimum Gasteiger partial charge on any atom is -0.362 e. The summed E-state index contributed by atoms with van der Waals surface area (Å²) in [5, 5.41) is 0.403. The second-order valence-electron chi connectivity index (χ2n) is 5.59. The third kappa shape index (κ3) is 1.30. The van der Waals surface area contributed by atoms with Crippen LogP contribution in [0.1, 0.15) is 6.92 Å². The number of halogens is 1. The van der Waals surface area contributed by atoms with Gasteiger partial charge in [-0.15, -0.1) is 0 Å². The van der Waals surface area contributed by atoms with E-state index in [0.717, 1.165) is 0 Å². The van der Waals surface area contributed by atoms with E-state index < -0.39 is 17.4 Å². The molecule has 4 atom stereocenters. The lowest BCUT2D eigenvalue weighted by atomic mass is 9.78. The molecule has 1 aromatic rings. The average molecular weight is 290 g/mol. The lowest BCUT2D eigenvalue weighted by Crippen LogP contribution is -2.38. The van der Waals surface area contributed by atoms with Crippen molar-refractivity contribution in [2.45, 2.75) is 18.6 Å². The first-order valence-corrected chi connectivity index (χ1v) is 6.90. The topological polar surface area (TPSA) is 46.6 Å². The van der Waals surface area contributed by atoms with E-state index in [0.29, 0.717) is 10.7 Å². The molecule has 3 aliphatic heterocycles. The minimum absolute atomic E-state index is 0.217. The Labute approximate surface area is 121 Å². The molecule has 1 aromatic carbocycles. The molecule has 2 amide bonds. The number of anilines is 1. The summed E-state index contributed by atoms with van der Waals surface area (Å²) in [5.41, 5.74) is -0.209. The summed E-state index contributed by atoms with van der Waals surface area (Å²) in [4.78, 5) is 26.5. The molecular weight excluding hydrogens is 278 g/mol. The maximum absolute atomic E-state index is 12.7. The number of hydrogen-bond donors (Lipinski definition) is 0. The fourth-order valence-electron chi connectivity index (χ4n) is 3.52. The maximum Gasteiger partial charge on any atom is 0.241 e. The first-order valence-electron chi connectivity index (χ1n) is 6.52. The Morgan fingerprint density at radius 1 is 1.25 bits per heavy atom. The molecule has 2 bridgehead atoms. The highest BCUT2D eigenvalue weighted by Gasteiger charge is 2.66. The lowest BCUT2D eigenvalue weighted by Gasteiger charge is -2.24. The van der Waals surface area contributed by atoms with Crippen molar-refractivity contribution in [3.05, 3.63) is 41.4 Å². The van der Waals surface area contributed by atoms with Crippen LogP contribution >= 0.6 is 11.6 Å². The fourth-order valence-corrected chi connectivity index (χ4v) is 3.74. The Balaban J connectivity index is 1.82. The summed E-state index contributed by atoms with van der Waals surface area (Å²) in [6.45, 7) is 1.86. The first-order chi connectivity index (χ1) is 9.53. The van der Waals surface area contributed by atoms with Gasteiger partial charge in [0.2, 0.25) is 11.8 Å². The number of benzene rings is 1. The number of rotatable bonds is 1. The van der Waals surface area contributed by atoms with Crippen LogP contribution in [0.5, 0.6) is 0 Å². The molecule has 0 spiro atoms. The van der Waals surface area contributed by atoms with Crippen molar-refractivity contribution in [2.24, 2.45) is 11.8 Å². The van der Waals surface area contributed by atoms with E-state index in [1.54, 1.807) is 24.3 Å². The van der Waals surface area contributed by atoms with Crippen molar-refractivity contribution < 1.29 is 14.3 Å². The van der Waals surface area contributed by atoms with Gasteiger partial charge in [-0.2, -0.15) is 0 Å². The Bertz CT molecular complexity index is 671. The van der Waals surface area contributed by atoms with Crippen LogP contribution in [0.3, 0.4) is 0 Å². The Hall–Kier alpha value is -1.65. The second-order valence-corrected chi connectivity index (χ2v) is 6.00. The zero-order valence-corrected chi connectivity index (χ0v) is 11.5. The normalized spacial score (nSPS) is 37.9. The highest BCUT2D eigenvalue weighted by atomic mass is 35.5. The van der Waals surface area contributed by atoms with Gasteiger partial charge in [0.25, 0.3) is 0 Å². The number of fused-ring (bicyclic) bond motifs is 5. The van der Waals surface area contributed by atoms with Gasteiger partial charge in [-0.05, 0) is 19.1 Å². The van der Waals surface area contributed by atoms with Crippen molar-refractivity contribution in [3.63, 3.8) is 0 Å². The molecule has 0 saturated carbocycles. The standard InChI is InChI=1S/C15H12ClNO3/c1-15-7-6-10(20-15)11-12(15)14(19)17(13(11)18)9-5-3-2-4-8(9)16/h2-7,10-12H,1H3/t10-,11+,12-,15+/m1/s1. The molecule has 102 valence electrons. The number of para-hydroxylation sites is 1. The van der Waals surface area contributed by atoms with E-state index in [1.165, 1.54) is 4.90 Å². The van der Waals surface area contributed by atoms with Crippen molar-refractivity contribution >= 4 is 29.1 Å². The molecule has 0 radical (unpaired) electrons. The Kier molecular flexibility index (Phi) is 2.25. The zero-order chi connectivity index (χ0) is 14.1. The van der Waals surface area contributed by atoms with Crippen molar-refractivity contribution in [1.29, 1.82) is 0 Å². The summed E-state index contributed by atoms with van der Waals surface area (Å²) in [5.74, 6) is -1.30. The van der Waals surface area contributed by atoms with Crippen LogP contribution in [0.25, 0.3) is 0 Å². The van der Waals surface area contributed by atoms with Crippen molar-refractivity contribution in [2.75, 3.05) is 4.90 Å². The number of hydrogen-bond acceptors (Lipinski definition) is 3. The summed E-state index contributed by atoms with van der Waals surface area (Å²) in [7, 11) is 0. The van der Waals surface area contributed by atoms with Gasteiger partial charge in [-0.3, -0.25) is 9.59 Å². The van der Waals surface area contributed by atoms with E-state index in [1.807, 2.05) is 19.1 Å². The van der Waals surface area contributed by atoms with E-state index in [2.05, 4.69) is 0 Å². The highest BCUT2D eigenvalue weighted by molar-refractivity contribution is 6.36. The molecular formula is C15H12ClNO3. The van der Waals surface area contributed by atoms with Gasteiger partial charge in [0.1, 0.15) is 0 Å². The van der Waals surface area contributed by atoms with Crippen LogP contribution in [0.2, 0.25) is 5.02 Å². The van der Waals surface area contributed by atoms with E-state index in [-0.39, 0.29) is 17.9 Å². The SMILES string of the molecule is C[C@@]12C=C[C@@H](O1)[C@@H]1C(=O)N(c3ccccc3Cl)C(=O)[C@@H]12. The van der Waals surface area contributed by atoms with E-state index in [9.17, 15) is 9.59 Å². The quantitative estimate of drug-likeness (QED) is 0.588. The molecule has 3 heterocycles. The van der Waals surface area contributed by atoms with Gasteiger partial charge in [0, 0.05) is 0 Å². The fraction of sp³-hybridized carbons (Fsp3) is 0.333. The van der Waals surface area contributed by atoms with Crippen LogP contribution in [0, 0.1) is 11.8 Å². The van der Waals surface area contributed by atoms with Crippen molar-refractivity contribution in [3.8, 4) is 0 Å². The molecule has 0 N–H and O–H groups in total. The largest absolute Gasteiger partial charge is 0.362 e. The van der Waals surface area contributed by atoms with Crippen LogP contribution < -0.4 is 4.90 Å². The maximum atomic E-state index is 12.7. The van der Waals surface area contributed by atoms with Gasteiger partial charge >= 0.3 is 0 Å². The molecule has 3 aliphatic rings. The first kappa shape index (κ1) is 12.1. The summed E-state index contributed by atoms with van der Waals surface area (Å²) in [6.07, 6.45) is 3.47. The molecule has 0 aromatic heterocycles. The number of imide groups is 1. The predicted octanol–water partition coefficient (Wildman–Crippen LogP) is 2.17. The van der Waals surface area contributed by atoms with Gasteiger partial charge in [-0.25, -0.2) is 4.90 Å². The lowest BCUT2D eigenvalue weighted by molar-refractivity contribution is -0.126. The minimum atomic E-state index is -0.669. The third-order valence-electron chi connectivity index (χ3n) is 4.42. The number of carbonyl (C=O) groups excluding carboxylic acids is 2. The monoisotopic (exact) mass is 289 g/mol. The van der Waals surface area contributed by atoms with Crippen molar-refractivity contribution in [1.82, 2.24) is 0 Å². The number of ether oxygens (including phenoxy) is 1. The molecule has 0 aliphatic carbocycles. The summed E-state index contributed by atoms with van der Waals surface area (Å²) in [6, 6.07) is 6.91. The second kappa shape index (κ2) is 3.71. The molecule has 4 rings (SSSR count). The number of nitrogens with zero attached hydrogens (tertiary/aromatic N) is 1. The highest BCUT2D eigenvalue weighted by Crippen LogP contribution is 2.52. The summed E-state index contributed by atoms with van der Waals surface area (Å²) < 4.78 is 5.77. The zero-order valence-electron chi connectivity index (χ0n) is 10.7. The van der Waals surface area contributed by atoms with Gasteiger partial charge in [0.05, 0.1) is 34.3 Å². The molecule has 0 unspecified atom stereocenters. The molecule has 2 saturated heterocycles. The Morgan fingerprint density at radius 3 is 2.70 bits per heavy atom. The van der Waals surface area contributed by atoms with E-state index >= 15 is 0 Å². The van der Waals surface area contributed by atoms with Gasteiger partial charge in [0.15, 0.2) is 0 Å². The molecule has 20 heavy (non-hydrogen) atoms. The van der Waals surface area contributed by atoms with E-state index in [4.69, 9.17) is 16.3 Å². The third-order valence-corrected chi connectivity index (χ3v) is 4.74. The van der Waals surface area contributed by atoms with Crippen LogP contribution in [0.15, 0.2) is 36.4 Å².